The Kier molecular flexibility index (Phi) is 5.35. The maximum absolute atomic E-state index is 12.4. The predicted molar refractivity (Wildman–Crippen MR) is 106 cm³/mol. The van der Waals surface area contributed by atoms with Gasteiger partial charge in [0.05, 0.1) is 11.8 Å². The van der Waals surface area contributed by atoms with Gasteiger partial charge in [-0.3, -0.25) is 4.99 Å². The largest absolute Gasteiger partial charge is 0.389 e. The number of piperidine rings is 1. The summed E-state index contributed by atoms with van der Waals surface area (Å²) < 4.78 is 37.1. The second-order valence-electron chi connectivity index (χ2n) is 7.76. The zero-order chi connectivity index (χ0) is 19.9. The van der Waals surface area contributed by atoms with Crippen molar-refractivity contribution in [2.24, 2.45) is 9.98 Å². The van der Waals surface area contributed by atoms with Crippen LogP contribution in [0.5, 0.6) is 0 Å². The Morgan fingerprint density at radius 1 is 1.36 bits per heavy atom. The molecule has 3 atom stereocenters. The average molecular weight is 414 g/mol. The molecule has 0 aromatic carbocycles. The highest BCUT2D eigenvalue weighted by atomic mass is 32.2. The fourth-order valence-electron chi connectivity index (χ4n) is 4.52. The van der Waals surface area contributed by atoms with Gasteiger partial charge in [0, 0.05) is 31.8 Å². The number of aliphatic hydroxyl groups excluding tert-OH is 1. The molecule has 4 aliphatic rings. The zero-order valence-corrected chi connectivity index (χ0v) is 16.6. The third-order valence-electron chi connectivity index (χ3n) is 5.83. The van der Waals surface area contributed by atoms with Crippen molar-refractivity contribution in [1.29, 1.82) is 0 Å². The Bertz CT molecular complexity index is 725. The second kappa shape index (κ2) is 7.50. The van der Waals surface area contributed by atoms with Crippen molar-refractivity contribution in [2.45, 2.75) is 61.8 Å². The van der Waals surface area contributed by atoms with Gasteiger partial charge in [-0.05, 0) is 50.3 Å². The molecule has 0 radical (unpaired) electrons. The van der Waals surface area contributed by atoms with E-state index in [0.29, 0.717) is 12.4 Å². The lowest BCUT2D eigenvalue weighted by molar-refractivity contribution is -0.136. The van der Waals surface area contributed by atoms with Crippen LogP contribution < -0.4 is 0 Å². The minimum absolute atomic E-state index is 0.00591. The molecule has 1 spiro atoms. The topological polar surface area (TPSA) is 51.4 Å². The molecule has 0 bridgehead atoms. The summed E-state index contributed by atoms with van der Waals surface area (Å²) in [6.45, 7) is 3.75. The number of hydrogen-bond donors (Lipinski definition) is 1. The lowest BCUT2D eigenvalue weighted by Gasteiger charge is -2.43. The molecule has 154 valence electrons. The summed E-state index contributed by atoms with van der Waals surface area (Å²) in [7, 11) is 0. The molecule has 0 saturated carbocycles. The number of likely N-dealkylation sites (tertiary alicyclic amines) is 1. The first-order chi connectivity index (χ1) is 13.3. The Hall–Kier alpha value is -1.32. The summed E-state index contributed by atoms with van der Waals surface area (Å²) in [6, 6.07) is 0.216. The van der Waals surface area contributed by atoms with Gasteiger partial charge in [0.2, 0.25) is 0 Å². The molecule has 1 N–H and O–H groups in total. The first-order valence-electron chi connectivity index (χ1n) is 9.75. The summed E-state index contributed by atoms with van der Waals surface area (Å²) in [6.07, 6.45) is 2.22. The lowest BCUT2D eigenvalue weighted by Crippen LogP contribution is -2.55. The Balaban J connectivity index is 1.43. The number of nitrogens with zero attached hydrogens (tertiary/aromatic N) is 4. The van der Waals surface area contributed by atoms with Crippen LogP contribution >= 0.6 is 11.8 Å². The van der Waals surface area contributed by atoms with Crippen LogP contribution in [0.15, 0.2) is 33.7 Å². The van der Waals surface area contributed by atoms with Gasteiger partial charge in [-0.1, -0.05) is 11.8 Å². The van der Waals surface area contributed by atoms with Gasteiger partial charge in [0.15, 0.2) is 4.87 Å². The zero-order valence-electron chi connectivity index (χ0n) is 15.8. The molecule has 4 heterocycles. The summed E-state index contributed by atoms with van der Waals surface area (Å²) in [4.78, 5) is 13.2. The first kappa shape index (κ1) is 20.0. The normalized spacial score (nSPS) is 31.6. The fourth-order valence-corrected chi connectivity index (χ4v) is 5.65. The number of alkyl halides is 3. The quantitative estimate of drug-likeness (QED) is 0.751. The summed E-state index contributed by atoms with van der Waals surface area (Å²) >= 11 is 1.63. The monoisotopic (exact) mass is 414 g/mol. The number of amidine groups is 1. The van der Waals surface area contributed by atoms with Gasteiger partial charge >= 0.3 is 6.18 Å². The van der Waals surface area contributed by atoms with E-state index >= 15 is 0 Å². The molecule has 28 heavy (non-hydrogen) atoms. The van der Waals surface area contributed by atoms with E-state index < -0.39 is 23.6 Å². The Morgan fingerprint density at radius 3 is 2.79 bits per heavy atom. The smallest absolute Gasteiger partial charge is 0.385 e. The van der Waals surface area contributed by atoms with Gasteiger partial charge in [-0.25, -0.2) is 4.99 Å². The molecule has 0 aromatic rings. The van der Waals surface area contributed by atoms with E-state index in [-0.39, 0.29) is 18.5 Å². The van der Waals surface area contributed by atoms with Crippen molar-refractivity contribution in [3.63, 3.8) is 0 Å². The summed E-state index contributed by atoms with van der Waals surface area (Å²) in [5.41, 5.74) is 0.912. The third-order valence-corrected chi connectivity index (χ3v) is 7.00. The van der Waals surface area contributed by atoms with Gasteiger partial charge in [-0.2, -0.15) is 13.2 Å². The van der Waals surface area contributed by atoms with Crippen molar-refractivity contribution < 1.29 is 18.3 Å². The lowest BCUT2D eigenvalue weighted by atomic mass is 9.95. The number of halogens is 3. The number of aliphatic imine (C=N–C) groups is 2. The number of thioether (sulfide) groups is 1. The predicted octanol–water partition coefficient (Wildman–Crippen LogP) is 3.18. The van der Waals surface area contributed by atoms with Crippen LogP contribution in [0.1, 0.15) is 32.6 Å². The molecule has 0 aliphatic carbocycles. The standard InChI is InChI=1S/C19H25F3N4OS/c1-13(27)17-24-19-15(6-12-28-19)23-8-3-16(19)26(17)14-4-10-25(11-5-14)9-2-7-18(20,21)22/h3,6,8,12-14,16,27H,2,4-5,7,9-11H2,1H3/t13-,16?,19?/m1/s1. The van der Waals surface area contributed by atoms with Gasteiger partial charge in [0.25, 0.3) is 0 Å². The maximum Gasteiger partial charge on any atom is 0.389 e. The van der Waals surface area contributed by atoms with Crippen molar-refractivity contribution in [3.05, 3.63) is 23.8 Å². The minimum atomic E-state index is -4.08. The fraction of sp³-hybridized carbons (Fsp3) is 0.684. The number of hydrogen-bond acceptors (Lipinski definition) is 6. The van der Waals surface area contributed by atoms with E-state index in [1.165, 1.54) is 0 Å². The average Bonchev–Trinajstić information content (AvgIpc) is 3.20. The summed E-state index contributed by atoms with van der Waals surface area (Å²) in [5.74, 6) is 0.691. The molecule has 4 rings (SSSR count). The SMILES string of the molecule is C[C@@H](O)C1=NC23SC=CC2=NC=CC3N1C1CCN(CCCC(F)(F)F)CC1. The second-order valence-corrected chi connectivity index (χ2v) is 8.89. The molecule has 4 aliphatic heterocycles. The van der Waals surface area contributed by atoms with E-state index in [1.54, 1.807) is 18.7 Å². The first-order valence-corrected chi connectivity index (χ1v) is 10.6. The number of aliphatic hydroxyl groups is 1. The van der Waals surface area contributed by atoms with Crippen molar-refractivity contribution in [2.75, 3.05) is 19.6 Å². The van der Waals surface area contributed by atoms with Crippen LogP contribution in [0.2, 0.25) is 0 Å². The van der Waals surface area contributed by atoms with Crippen LogP contribution in [0.4, 0.5) is 13.2 Å². The molecule has 1 fully saturated rings. The van der Waals surface area contributed by atoms with Crippen LogP contribution in [-0.2, 0) is 0 Å². The molecule has 0 aromatic heterocycles. The Labute approximate surface area is 167 Å². The van der Waals surface area contributed by atoms with Crippen LogP contribution in [-0.4, -0.2) is 75.3 Å². The van der Waals surface area contributed by atoms with Crippen molar-refractivity contribution in [1.82, 2.24) is 9.80 Å². The Morgan fingerprint density at radius 2 is 2.11 bits per heavy atom. The van der Waals surface area contributed by atoms with E-state index in [9.17, 15) is 18.3 Å². The molecule has 5 nitrogen and oxygen atoms in total. The molecule has 1 saturated heterocycles. The molecule has 0 amide bonds. The molecular weight excluding hydrogens is 389 g/mol. The van der Waals surface area contributed by atoms with Crippen LogP contribution in [0.3, 0.4) is 0 Å². The maximum atomic E-state index is 12.4. The molecule has 9 heteroatoms. The minimum Gasteiger partial charge on any atom is -0.385 e. The van der Waals surface area contributed by atoms with Gasteiger partial charge in [0.1, 0.15) is 11.9 Å². The van der Waals surface area contributed by atoms with E-state index in [4.69, 9.17) is 4.99 Å². The van der Waals surface area contributed by atoms with Crippen LogP contribution in [0.25, 0.3) is 0 Å². The van der Waals surface area contributed by atoms with Gasteiger partial charge in [-0.15, -0.1) is 0 Å². The highest BCUT2D eigenvalue weighted by Crippen LogP contribution is 2.48. The van der Waals surface area contributed by atoms with Gasteiger partial charge < -0.3 is 14.9 Å². The summed E-state index contributed by atoms with van der Waals surface area (Å²) in [5, 5.41) is 12.4. The van der Waals surface area contributed by atoms with Crippen molar-refractivity contribution >= 4 is 23.3 Å². The highest BCUT2D eigenvalue weighted by Gasteiger charge is 2.55. The van der Waals surface area contributed by atoms with Crippen molar-refractivity contribution in [3.8, 4) is 0 Å². The van der Waals surface area contributed by atoms with E-state index in [0.717, 1.165) is 31.6 Å². The number of rotatable bonds is 5. The van der Waals surface area contributed by atoms with Crippen LogP contribution in [0, 0.1) is 0 Å². The van der Waals surface area contributed by atoms with E-state index in [2.05, 4.69) is 20.9 Å². The third kappa shape index (κ3) is 3.64. The van der Waals surface area contributed by atoms with E-state index in [1.807, 2.05) is 17.7 Å². The molecular formula is C19H25F3N4OS. The molecule has 2 unspecified atom stereocenters. The highest BCUT2D eigenvalue weighted by molar-refractivity contribution is 8.04.